The van der Waals surface area contributed by atoms with E-state index < -0.39 is 0 Å². The first kappa shape index (κ1) is 103. The summed E-state index contributed by atoms with van der Waals surface area (Å²) in [7, 11) is 0. The summed E-state index contributed by atoms with van der Waals surface area (Å²) in [6.45, 7) is 110. The van der Waals surface area contributed by atoms with Gasteiger partial charge in [-0.05, 0) is 280 Å². The largest absolute Gasteiger partial charge is 0.316 e. The Bertz CT molecular complexity index is 1320. The Hall–Kier alpha value is -0.440. The average molecular weight is 1290 g/mol. The second-order valence-corrected chi connectivity index (χ2v) is 30.2. The molecule has 0 spiro atoms. The lowest BCUT2D eigenvalue weighted by molar-refractivity contribution is 0.0690. The number of piperazine rings is 1. The highest BCUT2D eigenvalue weighted by atomic mass is 15.3. The van der Waals surface area contributed by atoms with Gasteiger partial charge in [0.1, 0.15) is 0 Å². The third kappa shape index (κ3) is 49.1. The normalized spacial score (nSPS) is 22.8. The number of rotatable bonds is 0. The Labute approximate surface area is 574 Å². The molecule has 0 aromatic heterocycles. The number of hydrogen-bond acceptors (Lipinski definition) is 11. The van der Waals surface area contributed by atoms with E-state index in [2.05, 4.69) is 201 Å². The fourth-order valence-corrected chi connectivity index (χ4v) is 11.6. The SMILES string of the molecule is CC.CC.CC.CC.CC.CC.CC.CC.CC.CC(C)(C)N1CC2CCNC2C1.CC(C)(C)N1CC2CNCC2C1.CC(C)(C)N1CCC1.CC(C)(C)N1CCCC1.CC(C)(C)N1CCCCC1.CC(C)(C)N1CCCNCC1.CC(C)(C)N1CCNCC1. The molecule has 0 aromatic carbocycles. The van der Waals surface area contributed by atoms with Crippen LogP contribution in [0.3, 0.4) is 0 Å². The standard InChI is InChI=1S/2C10H20N2.C9H20N2.C9H19N.C8H18N2.C8H17N.C7H15N.9C2H6/c1-10(2,3)12-6-8-4-11-5-9(8)7-12;1-10(2,3)12-6-8-4-5-11-9(8)7-12;1-9(2,3)11-7-4-5-10-6-8-11;1-9(2,3)10-7-5-4-6-8-10;1-8(2,3)10-6-4-9-5-7-10;1-8(2,3)9-6-4-5-7-9;1-7(2,3)8-5-4-6-8;9*1-2/h2*8-9,11H,4-7H2,1-3H3;10H,4-8H2,1-3H3;4-8H2,1-3H3;9H,4-7H2,1-3H3;4-7H2,1-3H3;4-6H2,1-3H3;9*1-2H3. The highest BCUT2D eigenvalue weighted by Crippen LogP contribution is 2.32. The minimum atomic E-state index is 0.353. The molecule has 4 unspecified atom stereocenters. The molecule has 9 saturated heterocycles. The van der Waals surface area contributed by atoms with Crippen molar-refractivity contribution in [1.82, 2.24) is 55.6 Å². The maximum absolute atomic E-state index is 3.58. The van der Waals surface area contributed by atoms with Gasteiger partial charge in [-0.25, -0.2) is 0 Å². The number of piperidine rings is 1. The highest BCUT2D eigenvalue weighted by Gasteiger charge is 2.41. The van der Waals surface area contributed by atoms with Crippen molar-refractivity contribution in [2.75, 3.05) is 137 Å². The molecular weight excluding hydrogens is 1100 g/mol. The van der Waals surface area contributed by atoms with Crippen LogP contribution in [0.25, 0.3) is 0 Å². The van der Waals surface area contributed by atoms with E-state index in [0.717, 1.165) is 43.4 Å². The molecular formula is C79H183N11. The van der Waals surface area contributed by atoms with Gasteiger partial charge in [0.05, 0.1) is 0 Å². The predicted octanol–water partition coefficient (Wildman–Crippen LogP) is 18.7. The van der Waals surface area contributed by atoms with Gasteiger partial charge in [-0.3, -0.25) is 34.3 Å². The first-order valence-corrected chi connectivity index (χ1v) is 39.3. The molecule has 11 nitrogen and oxygen atoms in total. The quantitative estimate of drug-likeness (QED) is 0.188. The number of nitrogens with one attached hydrogen (secondary N) is 4. The number of fused-ring (bicyclic) bond motifs is 2. The molecule has 554 valence electrons. The minimum Gasteiger partial charge on any atom is -0.316 e. The molecule has 9 fully saturated rings. The van der Waals surface area contributed by atoms with Crippen LogP contribution in [0.4, 0.5) is 0 Å². The topological polar surface area (TPSA) is 70.8 Å². The first-order valence-electron chi connectivity index (χ1n) is 39.3. The molecule has 11 heteroatoms. The Morgan fingerprint density at radius 2 is 0.467 bits per heavy atom. The zero-order valence-corrected chi connectivity index (χ0v) is 70.4. The van der Waals surface area contributed by atoms with Crippen molar-refractivity contribution in [3.05, 3.63) is 0 Å². The monoisotopic (exact) mass is 1290 g/mol. The van der Waals surface area contributed by atoms with E-state index >= 15 is 0 Å². The van der Waals surface area contributed by atoms with Gasteiger partial charge in [-0.2, -0.15) is 0 Å². The Morgan fingerprint density at radius 3 is 0.733 bits per heavy atom. The lowest BCUT2D eigenvalue weighted by atomic mass is 10.0. The third-order valence-electron chi connectivity index (χ3n) is 17.2. The van der Waals surface area contributed by atoms with Gasteiger partial charge >= 0.3 is 0 Å². The van der Waals surface area contributed by atoms with Crippen molar-refractivity contribution >= 4 is 0 Å². The summed E-state index contributed by atoms with van der Waals surface area (Å²) in [5.41, 5.74) is 2.71. The van der Waals surface area contributed by atoms with Gasteiger partial charge < -0.3 is 21.3 Å². The molecule has 0 amide bonds. The summed E-state index contributed by atoms with van der Waals surface area (Å²) in [5, 5.41) is 13.8. The summed E-state index contributed by atoms with van der Waals surface area (Å²) in [6, 6.07) is 0.796. The highest BCUT2D eigenvalue weighted by molar-refractivity contribution is 4.98. The summed E-state index contributed by atoms with van der Waals surface area (Å²) >= 11 is 0. The van der Waals surface area contributed by atoms with E-state index in [4.69, 9.17) is 0 Å². The molecule has 0 aromatic rings. The number of hydrogen-bond donors (Lipinski definition) is 4. The van der Waals surface area contributed by atoms with E-state index in [1.165, 1.54) is 169 Å². The molecule has 4 N–H and O–H groups in total. The number of nitrogens with zero attached hydrogens (tertiary/aromatic N) is 7. The van der Waals surface area contributed by atoms with Crippen LogP contribution in [-0.2, 0) is 0 Å². The molecule has 9 rings (SSSR count). The maximum Gasteiger partial charge on any atom is 0.0236 e. The smallest absolute Gasteiger partial charge is 0.0236 e. The molecule has 9 aliphatic rings. The maximum atomic E-state index is 3.58. The van der Waals surface area contributed by atoms with Crippen molar-refractivity contribution in [3.63, 3.8) is 0 Å². The Kier molecular flexibility index (Phi) is 67.2. The lowest BCUT2D eigenvalue weighted by Crippen LogP contribution is -2.51. The molecule has 9 aliphatic heterocycles. The van der Waals surface area contributed by atoms with Crippen LogP contribution in [0.2, 0.25) is 0 Å². The Morgan fingerprint density at radius 1 is 0.222 bits per heavy atom. The van der Waals surface area contributed by atoms with E-state index in [0.29, 0.717) is 38.8 Å². The summed E-state index contributed by atoms with van der Waals surface area (Å²) in [4.78, 5) is 17.9. The summed E-state index contributed by atoms with van der Waals surface area (Å²) in [5.74, 6) is 2.80. The first-order chi connectivity index (χ1) is 42.2. The van der Waals surface area contributed by atoms with Gasteiger partial charge in [0.25, 0.3) is 0 Å². The lowest BCUT2D eigenvalue weighted by Gasteiger charge is -2.42. The van der Waals surface area contributed by atoms with Crippen LogP contribution in [-0.4, -0.2) is 217 Å². The fourth-order valence-electron chi connectivity index (χ4n) is 11.6. The van der Waals surface area contributed by atoms with Gasteiger partial charge in [0.15, 0.2) is 0 Å². The zero-order valence-electron chi connectivity index (χ0n) is 70.4. The van der Waals surface area contributed by atoms with Crippen molar-refractivity contribution in [3.8, 4) is 0 Å². The van der Waals surface area contributed by atoms with Crippen molar-refractivity contribution in [2.45, 2.75) is 366 Å². The van der Waals surface area contributed by atoms with Crippen LogP contribution in [0.1, 0.15) is 321 Å². The van der Waals surface area contributed by atoms with Gasteiger partial charge in [0, 0.05) is 110 Å². The van der Waals surface area contributed by atoms with E-state index in [1.54, 1.807) is 0 Å². The van der Waals surface area contributed by atoms with Crippen molar-refractivity contribution in [2.24, 2.45) is 17.8 Å². The summed E-state index contributed by atoms with van der Waals surface area (Å²) < 4.78 is 0. The average Bonchev–Trinajstić information content (AvgIpc) is 4.27. The molecule has 0 radical (unpaired) electrons. The molecule has 0 aliphatic carbocycles. The van der Waals surface area contributed by atoms with Crippen LogP contribution in [0.15, 0.2) is 0 Å². The van der Waals surface area contributed by atoms with Crippen LogP contribution >= 0.6 is 0 Å². The van der Waals surface area contributed by atoms with E-state index in [9.17, 15) is 0 Å². The van der Waals surface area contributed by atoms with Crippen LogP contribution in [0.5, 0.6) is 0 Å². The van der Waals surface area contributed by atoms with E-state index in [1.807, 2.05) is 125 Å². The van der Waals surface area contributed by atoms with Gasteiger partial charge in [0.2, 0.25) is 0 Å². The van der Waals surface area contributed by atoms with Crippen molar-refractivity contribution in [1.29, 1.82) is 0 Å². The van der Waals surface area contributed by atoms with Crippen LogP contribution in [0, 0.1) is 17.8 Å². The zero-order chi connectivity index (χ0) is 72.2. The minimum absolute atomic E-state index is 0.353. The molecule has 9 heterocycles. The third-order valence-corrected chi connectivity index (χ3v) is 17.2. The van der Waals surface area contributed by atoms with Gasteiger partial charge in [-0.15, -0.1) is 0 Å². The molecule has 0 saturated carbocycles. The second kappa shape index (κ2) is 58.7. The van der Waals surface area contributed by atoms with E-state index in [-0.39, 0.29) is 0 Å². The molecule has 0 bridgehead atoms. The predicted molar refractivity (Wildman–Crippen MR) is 419 cm³/mol. The summed E-state index contributed by atoms with van der Waals surface area (Å²) in [6.07, 6.45) is 11.1. The van der Waals surface area contributed by atoms with Crippen molar-refractivity contribution < 1.29 is 0 Å². The fraction of sp³-hybridized carbons (Fsp3) is 1.00. The molecule has 4 atom stereocenters. The van der Waals surface area contributed by atoms with Crippen LogP contribution < -0.4 is 21.3 Å². The second-order valence-electron chi connectivity index (χ2n) is 30.2. The Balaban J connectivity index is -0.000000172. The number of likely N-dealkylation sites (tertiary alicyclic amines) is 5. The van der Waals surface area contributed by atoms with Gasteiger partial charge in [-0.1, -0.05) is 131 Å². The molecule has 90 heavy (non-hydrogen) atoms.